The number of nitrogens with zero attached hydrogens (tertiary/aromatic N) is 3. The Labute approximate surface area is 148 Å². The van der Waals surface area contributed by atoms with Gasteiger partial charge in [-0.2, -0.15) is 0 Å². The van der Waals surface area contributed by atoms with Crippen molar-refractivity contribution in [1.29, 1.82) is 0 Å². The fourth-order valence-electron chi connectivity index (χ4n) is 2.00. The van der Waals surface area contributed by atoms with Crippen molar-refractivity contribution in [3.8, 4) is 11.7 Å². The van der Waals surface area contributed by atoms with E-state index in [2.05, 4.69) is 20.5 Å². The van der Waals surface area contributed by atoms with E-state index in [-0.39, 0.29) is 28.6 Å². The number of halogens is 1. The van der Waals surface area contributed by atoms with E-state index in [0.717, 1.165) is 11.8 Å². The van der Waals surface area contributed by atoms with Crippen molar-refractivity contribution in [3.05, 3.63) is 42.4 Å². The number of amides is 1. The zero-order chi connectivity index (χ0) is 17.2. The summed E-state index contributed by atoms with van der Waals surface area (Å²) in [7, 11) is 0. The van der Waals surface area contributed by atoms with E-state index in [1.807, 2.05) is 0 Å². The minimum Gasteiger partial charge on any atom is -0.459 e. The molecule has 10 heteroatoms. The van der Waals surface area contributed by atoms with E-state index in [1.54, 1.807) is 18.2 Å². The molecule has 0 fully saturated rings. The third kappa shape index (κ3) is 3.54. The number of carbonyl (C=O) groups is 1. The van der Waals surface area contributed by atoms with Crippen LogP contribution in [0, 0.1) is 5.82 Å². The number of hydrogen-bond donors (Lipinski definition) is 1. The van der Waals surface area contributed by atoms with Crippen molar-refractivity contribution < 1.29 is 18.0 Å². The van der Waals surface area contributed by atoms with E-state index in [0.29, 0.717) is 21.1 Å². The minimum absolute atomic E-state index is 0.0735. The highest BCUT2D eigenvalue weighted by Gasteiger charge is 2.14. The Morgan fingerprint density at radius 2 is 2.24 bits per heavy atom. The van der Waals surface area contributed by atoms with Crippen LogP contribution in [0.15, 0.2) is 50.7 Å². The first kappa shape index (κ1) is 15.8. The van der Waals surface area contributed by atoms with Gasteiger partial charge in [0.25, 0.3) is 11.1 Å². The second-order valence-electron chi connectivity index (χ2n) is 4.82. The molecule has 1 aromatic carbocycles. The number of aromatic nitrogens is 3. The number of thiazole rings is 1. The molecule has 1 N–H and O–H groups in total. The first-order valence-electron chi connectivity index (χ1n) is 7.03. The van der Waals surface area contributed by atoms with Gasteiger partial charge in [-0.05, 0) is 30.3 Å². The molecule has 1 amide bonds. The summed E-state index contributed by atoms with van der Waals surface area (Å²) in [6, 6.07) is 7.69. The second kappa shape index (κ2) is 6.65. The number of furan rings is 1. The fourth-order valence-corrected chi connectivity index (χ4v) is 3.47. The predicted molar refractivity (Wildman–Crippen MR) is 90.9 cm³/mol. The highest BCUT2D eigenvalue weighted by atomic mass is 32.2. The Hall–Kier alpha value is -2.72. The molecule has 0 aliphatic rings. The van der Waals surface area contributed by atoms with Gasteiger partial charge in [0.1, 0.15) is 5.82 Å². The highest BCUT2D eigenvalue weighted by molar-refractivity contribution is 7.99. The lowest BCUT2D eigenvalue weighted by Gasteiger charge is -1.98. The average molecular weight is 376 g/mol. The summed E-state index contributed by atoms with van der Waals surface area (Å²) in [5, 5.41) is 11.0. The molecule has 25 heavy (non-hydrogen) atoms. The van der Waals surface area contributed by atoms with Crippen LogP contribution >= 0.6 is 23.1 Å². The monoisotopic (exact) mass is 376 g/mol. The van der Waals surface area contributed by atoms with Crippen molar-refractivity contribution in [2.45, 2.75) is 5.22 Å². The molecule has 0 saturated carbocycles. The largest absolute Gasteiger partial charge is 0.459 e. The standard InChI is InChI=1S/C15H9FN4O3S2/c16-8-3-4-9-11(6-8)25-14(17-9)18-12(21)7-24-15-20-19-13(23-15)10-2-1-5-22-10/h1-6H,7H2,(H,17,18,21). The summed E-state index contributed by atoms with van der Waals surface area (Å²) in [6.45, 7) is 0. The van der Waals surface area contributed by atoms with Crippen LogP contribution in [-0.2, 0) is 4.79 Å². The molecular formula is C15H9FN4O3S2. The summed E-state index contributed by atoms with van der Waals surface area (Å²) >= 11 is 2.31. The summed E-state index contributed by atoms with van der Waals surface area (Å²) in [5.74, 6) is 0.173. The normalized spacial score (nSPS) is 11.1. The Balaban J connectivity index is 1.37. The van der Waals surface area contributed by atoms with Crippen LogP contribution in [0.1, 0.15) is 0 Å². The molecule has 126 valence electrons. The van der Waals surface area contributed by atoms with Gasteiger partial charge in [0.05, 0.1) is 22.2 Å². The van der Waals surface area contributed by atoms with Crippen molar-refractivity contribution in [2.24, 2.45) is 0 Å². The molecule has 0 spiro atoms. The van der Waals surface area contributed by atoms with Crippen LogP contribution in [0.3, 0.4) is 0 Å². The first-order chi connectivity index (χ1) is 12.2. The van der Waals surface area contributed by atoms with Crippen LogP contribution in [-0.4, -0.2) is 26.8 Å². The number of carbonyl (C=O) groups excluding carboxylic acids is 1. The number of benzene rings is 1. The first-order valence-corrected chi connectivity index (χ1v) is 8.84. The summed E-state index contributed by atoms with van der Waals surface area (Å²) in [5.41, 5.74) is 0.634. The number of fused-ring (bicyclic) bond motifs is 1. The van der Waals surface area contributed by atoms with E-state index in [1.165, 1.54) is 29.7 Å². The third-order valence-electron chi connectivity index (χ3n) is 3.06. The van der Waals surface area contributed by atoms with Gasteiger partial charge in [-0.15, -0.1) is 10.2 Å². The maximum absolute atomic E-state index is 13.2. The molecule has 7 nitrogen and oxygen atoms in total. The third-order valence-corrected chi connectivity index (χ3v) is 4.81. The molecule has 0 atom stereocenters. The van der Waals surface area contributed by atoms with Gasteiger partial charge >= 0.3 is 0 Å². The maximum Gasteiger partial charge on any atom is 0.284 e. The number of anilines is 1. The van der Waals surface area contributed by atoms with Crippen molar-refractivity contribution in [1.82, 2.24) is 15.2 Å². The highest BCUT2D eigenvalue weighted by Crippen LogP contribution is 2.27. The van der Waals surface area contributed by atoms with E-state index in [4.69, 9.17) is 8.83 Å². The van der Waals surface area contributed by atoms with E-state index < -0.39 is 0 Å². The van der Waals surface area contributed by atoms with Gasteiger partial charge in [-0.1, -0.05) is 23.1 Å². The molecule has 3 heterocycles. The molecule has 0 aliphatic heterocycles. The van der Waals surface area contributed by atoms with Crippen LogP contribution in [0.25, 0.3) is 21.9 Å². The van der Waals surface area contributed by atoms with Gasteiger partial charge in [0.15, 0.2) is 10.9 Å². The topological polar surface area (TPSA) is 94.0 Å². The molecule has 3 aromatic heterocycles. The van der Waals surface area contributed by atoms with E-state index >= 15 is 0 Å². The van der Waals surface area contributed by atoms with Crippen LogP contribution < -0.4 is 5.32 Å². The van der Waals surface area contributed by atoms with Gasteiger partial charge in [0, 0.05) is 0 Å². The molecule has 4 aromatic rings. The van der Waals surface area contributed by atoms with Crippen LogP contribution in [0.5, 0.6) is 0 Å². The smallest absolute Gasteiger partial charge is 0.284 e. The predicted octanol–water partition coefficient (Wildman–Crippen LogP) is 3.81. The molecule has 4 rings (SSSR count). The zero-order valence-corrected chi connectivity index (χ0v) is 14.1. The number of rotatable bonds is 5. The van der Waals surface area contributed by atoms with Crippen LogP contribution in [0.2, 0.25) is 0 Å². The average Bonchev–Trinajstić information content (AvgIpc) is 3.32. The van der Waals surface area contributed by atoms with E-state index in [9.17, 15) is 9.18 Å². The summed E-state index contributed by atoms with van der Waals surface area (Å²) in [6.07, 6.45) is 1.50. The van der Waals surface area contributed by atoms with Crippen molar-refractivity contribution in [2.75, 3.05) is 11.1 Å². The van der Waals surface area contributed by atoms with Gasteiger partial charge in [0.2, 0.25) is 5.91 Å². The zero-order valence-electron chi connectivity index (χ0n) is 12.4. The number of thioether (sulfide) groups is 1. The lowest BCUT2D eigenvalue weighted by atomic mass is 10.3. The summed E-state index contributed by atoms with van der Waals surface area (Å²) in [4.78, 5) is 16.3. The van der Waals surface area contributed by atoms with Gasteiger partial charge < -0.3 is 14.2 Å². The fraction of sp³-hybridized carbons (Fsp3) is 0.0667. The Morgan fingerprint density at radius 1 is 1.32 bits per heavy atom. The Morgan fingerprint density at radius 3 is 3.08 bits per heavy atom. The van der Waals surface area contributed by atoms with Gasteiger partial charge in [-0.25, -0.2) is 9.37 Å². The lowest BCUT2D eigenvalue weighted by Crippen LogP contribution is -2.13. The molecule has 0 aliphatic carbocycles. The molecule has 0 radical (unpaired) electrons. The quantitative estimate of drug-likeness (QED) is 0.529. The van der Waals surface area contributed by atoms with Crippen LogP contribution in [0.4, 0.5) is 9.52 Å². The minimum atomic E-state index is -0.340. The van der Waals surface area contributed by atoms with Gasteiger partial charge in [-0.3, -0.25) is 4.79 Å². The number of nitrogens with one attached hydrogen (secondary N) is 1. The molecular weight excluding hydrogens is 367 g/mol. The lowest BCUT2D eigenvalue weighted by molar-refractivity contribution is -0.113. The van der Waals surface area contributed by atoms with Crippen molar-refractivity contribution in [3.63, 3.8) is 0 Å². The maximum atomic E-state index is 13.2. The number of hydrogen-bond acceptors (Lipinski definition) is 8. The Kier molecular flexibility index (Phi) is 4.20. The Bertz CT molecular complexity index is 1030. The SMILES string of the molecule is O=C(CSc1nnc(-c2ccco2)o1)Nc1nc2ccc(F)cc2s1. The molecule has 0 unspecified atom stereocenters. The summed E-state index contributed by atoms with van der Waals surface area (Å²) < 4.78 is 24.4. The molecule has 0 saturated heterocycles. The second-order valence-corrected chi connectivity index (χ2v) is 6.78. The molecule has 0 bridgehead atoms. The van der Waals surface area contributed by atoms with Crippen molar-refractivity contribution >= 4 is 44.4 Å².